The largest absolute Gasteiger partial charge is 0.494 e. The smallest absolute Gasteiger partial charge is 0.324 e. The monoisotopic (exact) mass is 450 g/mol. The number of nitrogens with zero attached hydrogens (tertiary/aromatic N) is 4. The number of hydrogen-bond donors (Lipinski definition) is 0. The first-order valence-corrected chi connectivity index (χ1v) is 12.1. The molecule has 1 aliphatic heterocycles. The Morgan fingerprint density at radius 2 is 1.79 bits per heavy atom. The van der Waals surface area contributed by atoms with Gasteiger partial charge in [-0.25, -0.2) is 4.79 Å². The van der Waals surface area contributed by atoms with E-state index in [9.17, 15) is 9.59 Å². The van der Waals surface area contributed by atoms with Gasteiger partial charge in [0.1, 0.15) is 5.75 Å². The molecule has 0 bridgehead atoms. The molecule has 1 saturated carbocycles. The van der Waals surface area contributed by atoms with E-state index in [4.69, 9.17) is 4.74 Å². The van der Waals surface area contributed by atoms with Crippen molar-refractivity contribution >= 4 is 17.6 Å². The van der Waals surface area contributed by atoms with Gasteiger partial charge in [0.05, 0.1) is 18.5 Å². The molecule has 33 heavy (non-hydrogen) atoms. The molecule has 3 amide bonds. The number of carbonyl (C=O) groups excluding carboxylic acids is 2. The van der Waals surface area contributed by atoms with Crippen LogP contribution in [0.5, 0.6) is 5.75 Å². The van der Waals surface area contributed by atoms with Crippen LogP contribution in [0, 0.1) is 5.92 Å². The average molecular weight is 451 g/mol. The molecule has 1 aromatic heterocycles. The predicted octanol–water partition coefficient (Wildman–Crippen LogP) is 4.45. The van der Waals surface area contributed by atoms with Gasteiger partial charge in [-0.15, -0.1) is 0 Å². The number of anilines is 1. The van der Waals surface area contributed by atoms with Crippen LogP contribution in [0.15, 0.2) is 48.8 Å². The summed E-state index contributed by atoms with van der Waals surface area (Å²) >= 11 is 0. The number of ether oxygens (including phenoxy) is 1. The van der Waals surface area contributed by atoms with Crippen molar-refractivity contribution in [3.05, 3.63) is 54.4 Å². The molecule has 2 heterocycles. The van der Waals surface area contributed by atoms with E-state index in [2.05, 4.69) is 4.98 Å². The molecular formula is C26H34N4O3. The molecule has 2 aromatic rings. The van der Waals surface area contributed by atoms with E-state index in [0.29, 0.717) is 38.3 Å². The predicted molar refractivity (Wildman–Crippen MR) is 129 cm³/mol. The third-order valence-corrected chi connectivity index (χ3v) is 6.76. The zero-order chi connectivity index (χ0) is 23.0. The second kappa shape index (κ2) is 11.2. The van der Waals surface area contributed by atoms with Crippen LogP contribution in [-0.2, 0) is 0 Å². The summed E-state index contributed by atoms with van der Waals surface area (Å²) in [5, 5.41) is 0. The third-order valence-electron chi connectivity index (χ3n) is 6.76. The van der Waals surface area contributed by atoms with Crippen LogP contribution >= 0.6 is 0 Å². The van der Waals surface area contributed by atoms with Gasteiger partial charge >= 0.3 is 6.03 Å². The van der Waals surface area contributed by atoms with Crippen molar-refractivity contribution in [2.24, 2.45) is 5.92 Å². The summed E-state index contributed by atoms with van der Waals surface area (Å²) in [6, 6.07) is 11.1. The summed E-state index contributed by atoms with van der Waals surface area (Å²) in [6.45, 7) is 2.74. The van der Waals surface area contributed by atoms with Gasteiger partial charge in [0, 0.05) is 45.0 Å². The maximum Gasteiger partial charge on any atom is 0.324 e. The van der Waals surface area contributed by atoms with Gasteiger partial charge in [-0.2, -0.15) is 0 Å². The molecule has 176 valence electrons. The normalized spacial score (nSPS) is 17.0. The molecule has 0 N–H and O–H groups in total. The number of benzene rings is 1. The highest BCUT2D eigenvalue weighted by Gasteiger charge is 2.27. The summed E-state index contributed by atoms with van der Waals surface area (Å²) in [5.41, 5.74) is 1.39. The Balaban J connectivity index is 1.27. The first-order valence-electron chi connectivity index (χ1n) is 12.1. The molecule has 1 aliphatic carbocycles. The summed E-state index contributed by atoms with van der Waals surface area (Å²) in [6.07, 6.45) is 11.1. The Hall–Kier alpha value is -3.09. The fourth-order valence-electron chi connectivity index (χ4n) is 4.70. The topological polar surface area (TPSA) is 66.0 Å². The summed E-state index contributed by atoms with van der Waals surface area (Å²) < 4.78 is 5.97. The standard InChI is InChI=1S/C26H34N4O3/c1-28(23-10-6-13-27-20-23)26(32)30-16-14-29(15-17-30)25(31)22-9-5-11-24(19-22)33-18-12-21-7-3-2-4-8-21/h5-6,9-11,13,19-21H,2-4,7-8,12,14-18H2,1H3. The summed E-state index contributed by atoms with van der Waals surface area (Å²) in [5.74, 6) is 1.52. The fourth-order valence-corrected chi connectivity index (χ4v) is 4.70. The van der Waals surface area contributed by atoms with E-state index < -0.39 is 0 Å². The van der Waals surface area contributed by atoms with Gasteiger partial charge in [0.15, 0.2) is 0 Å². The third kappa shape index (κ3) is 6.03. The molecule has 0 spiro atoms. The molecular weight excluding hydrogens is 416 g/mol. The molecule has 7 heteroatoms. The van der Waals surface area contributed by atoms with Gasteiger partial charge in [-0.1, -0.05) is 38.2 Å². The molecule has 4 rings (SSSR count). The van der Waals surface area contributed by atoms with Gasteiger partial charge in [-0.3, -0.25) is 14.7 Å². The quantitative estimate of drug-likeness (QED) is 0.652. The summed E-state index contributed by atoms with van der Waals surface area (Å²) in [4.78, 5) is 35.1. The second-order valence-electron chi connectivity index (χ2n) is 9.00. The fraction of sp³-hybridized carbons (Fsp3) is 0.500. The van der Waals surface area contributed by atoms with Crippen molar-refractivity contribution in [3.63, 3.8) is 0 Å². The van der Waals surface area contributed by atoms with Crippen LogP contribution in [-0.4, -0.2) is 66.6 Å². The number of hydrogen-bond acceptors (Lipinski definition) is 4. The summed E-state index contributed by atoms with van der Waals surface area (Å²) in [7, 11) is 1.75. The first-order chi connectivity index (χ1) is 16.1. The van der Waals surface area contributed by atoms with Crippen molar-refractivity contribution in [1.82, 2.24) is 14.8 Å². The van der Waals surface area contributed by atoms with E-state index >= 15 is 0 Å². The van der Waals surface area contributed by atoms with Crippen LogP contribution in [0.4, 0.5) is 10.5 Å². The van der Waals surface area contributed by atoms with Crippen molar-refractivity contribution in [2.45, 2.75) is 38.5 Å². The lowest BCUT2D eigenvalue weighted by atomic mass is 9.87. The maximum absolute atomic E-state index is 13.1. The maximum atomic E-state index is 13.1. The first kappa shape index (κ1) is 23.1. The molecule has 2 aliphatic rings. The Morgan fingerprint density at radius 3 is 2.52 bits per heavy atom. The Labute approximate surface area is 196 Å². The molecule has 0 unspecified atom stereocenters. The van der Waals surface area contributed by atoms with Gasteiger partial charge in [-0.05, 0) is 42.7 Å². The van der Waals surface area contributed by atoms with E-state index in [1.807, 2.05) is 41.3 Å². The average Bonchev–Trinajstić information content (AvgIpc) is 2.89. The van der Waals surface area contributed by atoms with Crippen LogP contribution in [0.2, 0.25) is 0 Å². The molecule has 0 radical (unpaired) electrons. The Morgan fingerprint density at radius 1 is 1.03 bits per heavy atom. The van der Waals surface area contributed by atoms with Crippen molar-refractivity contribution in [3.8, 4) is 5.75 Å². The molecule has 0 atom stereocenters. The zero-order valence-electron chi connectivity index (χ0n) is 19.5. The number of carbonyl (C=O) groups is 2. The molecule has 2 fully saturated rings. The van der Waals surface area contributed by atoms with E-state index in [-0.39, 0.29) is 11.9 Å². The molecule has 1 saturated heterocycles. The van der Waals surface area contributed by atoms with Gasteiger partial charge in [0.2, 0.25) is 0 Å². The highest BCUT2D eigenvalue weighted by molar-refractivity contribution is 5.95. The highest BCUT2D eigenvalue weighted by Crippen LogP contribution is 2.26. The van der Waals surface area contributed by atoms with E-state index in [1.165, 1.54) is 32.1 Å². The van der Waals surface area contributed by atoms with E-state index in [1.54, 1.807) is 29.2 Å². The molecule has 7 nitrogen and oxygen atoms in total. The lowest BCUT2D eigenvalue weighted by molar-refractivity contribution is 0.0668. The number of pyridine rings is 1. The lowest BCUT2D eigenvalue weighted by Gasteiger charge is -2.36. The zero-order valence-corrected chi connectivity index (χ0v) is 19.5. The van der Waals surface area contributed by atoms with Crippen LogP contribution in [0.3, 0.4) is 0 Å². The number of amides is 3. The lowest BCUT2D eigenvalue weighted by Crippen LogP contribution is -2.53. The molecule has 1 aromatic carbocycles. The number of aromatic nitrogens is 1. The minimum absolute atomic E-state index is 0.0135. The highest BCUT2D eigenvalue weighted by atomic mass is 16.5. The Bertz CT molecular complexity index is 922. The van der Waals surface area contributed by atoms with Crippen LogP contribution < -0.4 is 9.64 Å². The van der Waals surface area contributed by atoms with Crippen molar-refractivity contribution < 1.29 is 14.3 Å². The van der Waals surface area contributed by atoms with Crippen molar-refractivity contribution in [2.75, 3.05) is 44.7 Å². The van der Waals surface area contributed by atoms with E-state index in [0.717, 1.165) is 23.8 Å². The van der Waals surface area contributed by atoms with Crippen LogP contribution in [0.1, 0.15) is 48.9 Å². The van der Waals surface area contributed by atoms with Crippen LogP contribution in [0.25, 0.3) is 0 Å². The second-order valence-corrected chi connectivity index (χ2v) is 9.00. The minimum Gasteiger partial charge on any atom is -0.494 e. The van der Waals surface area contributed by atoms with Gasteiger partial charge < -0.3 is 14.5 Å². The SMILES string of the molecule is CN(C(=O)N1CCN(C(=O)c2cccc(OCCC3CCCCC3)c2)CC1)c1cccnc1. The Kier molecular flexibility index (Phi) is 7.81. The number of piperazine rings is 1. The minimum atomic E-state index is -0.0801. The van der Waals surface area contributed by atoms with Gasteiger partial charge in [0.25, 0.3) is 5.91 Å². The number of rotatable bonds is 6. The number of urea groups is 1. The van der Waals surface area contributed by atoms with Crippen molar-refractivity contribution in [1.29, 1.82) is 0 Å².